The first-order valence-corrected chi connectivity index (χ1v) is 7.95. The number of nitrogens with one attached hydrogen (secondary N) is 2. The fourth-order valence-electron chi connectivity index (χ4n) is 2.42. The van der Waals surface area contributed by atoms with Crippen molar-refractivity contribution in [1.82, 2.24) is 0 Å². The lowest BCUT2D eigenvalue weighted by Gasteiger charge is -2.12. The molecule has 3 aromatic rings. The summed E-state index contributed by atoms with van der Waals surface area (Å²) in [4.78, 5) is 1.08. The molecule has 0 saturated heterocycles. The zero-order chi connectivity index (χ0) is 16.4. The Morgan fingerprint density at radius 2 is 2.00 bits per heavy atom. The summed E-state index contributed by atoms with van der Waals surface area (Å²) in [6.45, 7) is 7.57. The molecule has 0 radical (unpaired) electrons. The number of rotatable bonds is 5. The van der Waals surface area contributed by atoms with E-state index in [-0.39, 0.29) is 0 Å². The fourth-order valence-corrected chi connectivity index (χ4v) is 3.52. The van der Waals surface area contributed by atoms with Crippen molar-refractivity contribution < 1.29 is 0 Å². The molecule has 0 amide bonds. The van der Waals surface area contributed by atoms with Crippen LogP contribution in [0.15, 0.2) is 67.4 Å². The third-order valence-corrected chi connectivity index (χ3v) is 4.76. The number of nitrogen functional groups attached to an aromatic ring is 1. The molecule has 0 aliphatic rings. The Bertz CT molecular complexity index is 889. The monoisotopic (exact) mass is 319 g/mol. The molecular weight excluding hydrogens is 302 g/mol. The predicted octanol–water partition coefficient (Wildman–Crippen LogP) is 5.26. The summed E-state index contributed by atoms with van der Waals surface area (Å²) in [7, 11) is 0. The average molecular weight is 319 g/mol. The molecule has 0 aliphatic carbocycles. The first-order chi connectivity index (χ1) is 11.1. The van der Waals surface area contributed by atoms with Gasteiger partial charge in [0, 0.05) is 44.0 Å². The second kappa shape index (κ2) is 6.10. The maximum Gasteiger partial charge on any atom is 0.0492 e. The minimum Gasteiger partial charge on any atom is -0.398 e. The molecule has 1 aromatic heterocycles. The van der Waals surface area contributed by atoms with Crippen LogP contribution in [0.5, 0.6) is 0 Å². The standard InChI is InChI=1S/C19H17N3S/c1-3-12(2)22-15-8-14(11-20)19(21)16(10-15)18-9-13-6-4-5-7-17(13)23-18/h3-11,20,22H,1-2,21H2. The predicted molar refractivity (Wildman–Crippen MR) is 103 cm³/mol. The molecule has 0 fully saturated rings. The highest BCUT2D eigenvalue weighted by Gasteiger charge is 2.12. The van der Waals surface area contributed by atoms with Gasteiger partial charge in [-0.2, -0.15) is 0 Å². The molecule has 0 spiro atoms. The summed E-state index contributed by atoms with van der Waals surface area (Å²) in [5.41, 5.74) is 10.0. The fraction of sp³-hybridized carbons (Fsp3) is 0. The van der Waals surface area contributed by atoms with Gasteiger partial charge < -0.3 is 16.5 Å². The molecule has 3 rings (SSSR count). The number of anilines is 2. The van der Waals surface area contributed by atoms with Crippen LogP contribution in [0.3, 0.4) is 0 Å². The lowest BCUT2D eigenvalue weighted by Crippen LogP contribution is -2.01. The van der Waals surface area contributed by atoms with Crippen LogP contribution in [-0.4, -0.2) is 6.21 Å². The van der Waals surface area contributed by atoms with E-state index in [1.807, 2.05) is 24.3 Å². The smallest absolute Gasteiger partial charge is 0.0492 e. The Balaban J connectivity index is 2.16. The van der Waals surface area contributed by atoms with E-state index in [0.29, 0.717) is 16.9 Å². The maximum atomic E-state index is 7.60. The number of hydrogen-bond acceptors (Lipinski definition) is 4. The first kappa shape index (κ1) is 15.1. The first-order valence-electron chi connectivity index (χ1n) is 7.13. The molecule has 23 heavy (non-hydrogen) atoms. The minimum atomic E-state index is 0.612. The van der Waals surface area contributed by atoms with E-state index in [4.69, 9.17) is 11.1 Å². The van der Waals surface area contributed by atoms with Crippen LogP contribution in [0.1, 0.15) is 5.56 Å². The van der Waals surface area contributed by atoms with Crippen LogP contribution in [0, 0.1) is 5.41 Å². The molecule has 0 unspecified atom stereocenters. The van der Waals surface area contributed by atoms with Crippen LogP contribution in [0.2, 0.25) is 0 Å². The van der Waals surface area contributed by atoms with E-state index in [1.54, 1.807) is 17.4 Å². The molecule has 4 N–H and O–H groups in total. The molecule has 3 nitrogen and oxygen atoms in total. The van der Waals surface area contributed by atoms with Crippen LogP contribution >= 0.6 is 11.3 Å². The lowest BCUT2D eigenvalue weighted by molar-refractivity contribution is 1.48. The molecule has 0 bridgehead atoms. The van der Waals surface area contributed by atoms with E-state index >= 15 is 0 Å². The van der Waals surface area contributed by atoms with E-state index in [2.05, 4.69) is 36.7 Å². The van der Waals surface area contributed by atoms with Gasteiger partial charge in [-0.25, -0.2) is 0 Å². The molecule has 0 aliphatic heterocycles. The maximum absolute atomic E-state index is 7.60. The Morgan fingerprint density at radius 3 is 2.70 bits per heavy atom. The van der Waals surface area contributed by atoms with Crippen molar-refractivity contribution in [3.05, 3.63) is 73.0 Å². The van der Waals surface area contributed by atoms with Gasteiger partial charge >= 0.3 is 0 Å². The van der Waals surface area contributed by atoms with Crippen molar-refractivity contribution in [2.45, 2.75) is 0 Å². The zero-order valence-electron chi connectivity index (χ0n) is 12.6. The largest absolute Gasteiger partial charge is 0.398 e. The summed E-state index contributed by atoms with van der Waals surface area (Å²) < 4.78 is 1.21. The summed E-state index contributed by atoms with van der Waals surface area (Å²) in [5.74, 6) is 0. The van der Waals surface area contributed by atoms with Gasteiger partial charge in [-0.05, 0) is 35.7 Å². The summed E-state index contributed by atoms with van der Waals surface area (Å²) in [6, 6.07) is 14.2. The van der Waals surface area contributed by atoms with Crippen LogP contribution in [-0.2, 0) is 0 Å². The number of fused-ring (bicyclic) bond motifs is 1. The van der Waals surface area contributed by atoms with Crippen molar-refractivity contribution in [1.29, 1.82) is 5.41 Å². The summed E-state index contributed by atoms with van der Waals surface area (Å²) in [5, 5.41) is 12.0. The number of benzene rings is 2. The molecule has 4 heteroatoms. The Labute approximate surface area is 139 Å². The normalized spacial score (nSPS) is 10.4. The van der Waals surface area contributed by atoms with E-state index < -0.39 is 0 Å². The van der Waals surface area contributed by atoms with Gasteiger partial charge in [-0.1, -0.05) is 31.4 Å². The second-order valence-electron chi connectivity index (χ2n) is 5.17. The highest BCUT2D eigenvalue weighted by atomic mass is 32.1. The number of hydrogen-bond donors (Lipinski definition) is 3. The zero-order valence-corrected chi connectivity index (χ0v) is 13.4. The van der Waals surface area contributed by atoms with Crippen molar-refractivity contribution >= 4 is 39.0 Å². The molecule has 2 aromatic carbocycles. The van der Waals surface area contributed by atoms with Crippen LogP contribution in [0.4, 0.5) is 11.4 Å². The van der Waals surface area contributed by atoms with E-state index in [0.717, 1.165) is 16.1 Å². The topological polar surface area (TPSA) is 61.9 Å². The highest BCUT2D eigenvalue weighted by molar-refractivity contribution is 7.22. The average Bonchev–Trinajstić information content (AvgIpc) is 2.99. The number of thiophene rings is 1. The van der Waals surface area contributed by atoms with Crippen molar-refractivity contribution in [2.75, 3.05) is 11.1 Å². The van der Waals surface area contributed by atoms with E-state index in [1.165, 1.54) is 16.3 Å². The van der Waals surface area contributed by atoms with Gasteiger partial charge in [0.2, 0.25) is 0 Å². The van der Waals surface area contributed by atoms with Gasteiger partial charge in [-0.3, -0.25) is 0 Å². The summed E-state index contributed by atoms with van der Waals surface area (Å²) >= 11 is 1.69. The van der Waals surface area contributed by atoms with Gasteiger partial charge in [-0.15, -0.1) is 11.3 Å². The van der Waals surface area contributed by atoms with Crippen molar-refractivity contribution in [3.8, 4) is 10.4 Å². The summed E-state index contributed by atoms with van der Waals surface area (Å²) in [6.07, 6.45) is 2.92. The van der Waals surface area contributed by atoms with Crippen LogP contribution < -0.4 is 11.1 Å². The molecule has 1 heterocycles. The molecule has 114 valence electrons. The third-order valence-electron chi connectivity index (χ3n) is 3.61. The Hall–Kier alpha value is -2.85. The molecular formula is C19H17N3S. The number of allylic oxidation sites excluding steroid dienone is 1. The van der Waals surface area contributed by atoms with Gasteiger partial charge in [0.1, 0.15) is 0 Å². The molecule has 0 atom stereocenters. The number of nitrogens with two attached hydrogens (primary N) is 1. The van der Waals surface area contributed by atoms with Gasteiger partial charge in [0.25, 0.3) is 0 Å². The van der Waals surface area contributed by atoms with Gasteiger partial charge in [0.15, 0.2) is 0 Å². The minimum absolute atomic E-state index is 0.612. The van der Waals surface area contributed by atoms with Crippen molar-refractivity contribution in [2.24, 2.45) is 0 Å². The quantitative estimate of drug-likeness (QED) is 0.341. The van der Waals surface area contributed by atoms with Gasteiger partial charge in [0.05, 0.1) is 0 Å². The Kier molecular flexibility index (Phi) is 4.00. The van der Waals surface area contributed by atoms with E-state index in [9.17, 15) is 0 Å². The Morgan fingerprint density at radius 1 is 1.22 bits per heavy atom. The highest BCUT2D eigenvalue weighted by Crippen LogP contribution is 2.39. The third kappa shape index (κ3) is 2.89. The molecule has 0 saturated carbocycles. The van der Waals surface area contributed by atoms with Crippen LogP contribution in [0.25, 0.3) is 20.5 Å². The lowest BCUT2D eigenvalue weighted by atomic mass is 10.0. The second-order valence-corrected chi connectivity index (χ2v) is 6.26. The van der Waals surface area contributed by atoms with Crippen molar-refractivity contribution in [3.63, 3.8) is 0 Å². The SMILES string of the molecule is C=CC(=C)Nc1cc(C=N)c(N)c(-c2cc3ccccc3s2)c1.